The van der Waals surface area contributed by atoms with Crippen LogP contribution in [0.2, 0.25) is 0 Å². The van der Waals surface area contributed by atoms with Crippen LogP contribution in [0.5, 0.6) is 0 Å². The van der Waals surface area contributed by atoms with Gasteiger partial charge in [0.15, 0.2) is 5.78 Å². The second-order valence-electron chi connectivity index (χ2n) is 3.09. The van der Waals surface area contributed by atoms with Crippen LogP contribution in [0.15, 0.2) is 36.5 Å². The minimum atomic E-state index is -0.456. The summed E-state index contributed by atoms with van der Waals surface area (Å²) in [5.41, 5.74) is 0.849. The van der Waals surface area contributed by atoms with Crippen LogP contribution in [0.4, 0.5) is 0 Å². The first-order chi connectivity index (χ1) is 6.24. The topological polar surface area (TPSA) is 37.3 Å². The summed E-state index contributed by atoms with van der Waals surface area (Å²) in [6, 6.07) is 0. The molecule has 1 aliphatic carbocycles. The van der Waals surface area contributed by atoms with Crippen molar-refractivity contribution in [1.29, 1.82) is 0 Å². The summed E-state index contributed by atoms with van der Waals surface area (Å²) in [6.45, 7) is 3.59. The Hall–Kier alpha value is -1.15. The molecule has 1 aliphatic rings. The Labute approximate surface area is 78.3 Å². The largest absolute Gasteiger partial charge is 0.388 e. The average Bonchev–Trinajstić information content (AvgIpc) is 2.15. The molecule has 0 radical (unpaired) electrons. The van der Waals surface area contributed by atoms with Crippen molar-refractivity contribution in [3.8, 4) is 0 Å². The van der Waals surface area contributed by atoms with Gasteiger partial charge in [0.1, 0.15) is 0 Å². The predicted octanol–water partition coefficient (Wildman–Crippen LogP) is 1.77. The number of ketones is 1. The Bertz CT molecular complexity index is 261. The third-order valence-corrected chi connectivity index (χ3v) is 2.03. The monoisotopic (exact) mass is 178 g/mol. The number of hydrogen-bond donors (Lipinski definition) is 1. The quantitative estimate of drug-likeness (QED) is 0.666. The summed E-state index contributed by atoms with van der Waals surface area (Å²) in [4.78, 5) is 10.8. The third-order valence-electron chi connectivity index (χ3n) is 2.03. The molecule has 0 aromatic carbocycles. The Kier molecular flexibility index (Phi) is 3.65. The lowest BCUT2D eigenvalue weighted by Gasteiger charge is -2.12. The highest BCUT2D eigenvalue weighted by molar-refractivity contribution is 5.92. The molecule has 0 heterocycles. The highest BCUT2D eigenvalue weighted by Crippen LogP contribution is 2.15. The molecule has 0 aromatic rings. The highest BCUT2D eigenvalue weighted by Gasteiger charge is 2.10. The molecule has 1 N–H and O–H groups in total. The molecule has 0 amide bonds. The van der Waals surface area contributed by atoms with Crippen LogP contribution >= 0.6 is 0 Å². The molecular weight excluding hydrogens is 164 g/mol. The first-order valence-corrected chi connectivity index (χ1v) is 4.44. The van der Waals surface area contributed by atoms with Gasteiger partial charge in [0.05, 0.1) is 6.10 Å². The molecule has 1 atom stereocenters. The van der Waals surface area contributed by atoms with Crippen LogP contribution in [0.1, 0.15) is 19.3 Å². The molecule has 1 rings (SSSR count). The zero-order valence-corrected chi connectivity index (χ0v) is 7.57. The summed E-state index contributed by atoms with van der Waals surface area (Å²) in [7, 11) is 0. The fraction of sp³-hybridized carbons (Fsp3) is 0.364. The molecule has 0 fully saturated rings. The minimum Gasteiger partial charge on any atom is -0.388 e. The van der Waals surface area contributed by atoms with Crippen molar-refractivity contribution >= 4 is 5.78 Å². The molecule has 0 bridgehead atoms. The van der Waals surface area contributed by atoms with E-state index in [0.717, 1.165) is 12.0 Å². The number of aliphatic hydroxyl groups is 1. The van der Waals surface area contributed by atoms with E-state index in [2.05, 4.69) is 6.58 Å². The van der Waals surface area contributed by atoms with Crippen LogP contribution in [0.3, 0.4) is 0 Å². The average molecular weight is 178 g/mol. The van der Waals surface area contributed by atoms with E-state index in [1.807, 2.05) is 0 Å². The van der Waals surface area contributed by atoms with Gasteiger partial charge in [-0.3, -0.25) is 4.79 Å². The zero-order chi connectivity index (χ0) is 9.68. The van der Waals surface area contributed by atoms with Crippen molar-refractivity contribution < 1.29 is 9.90 Å². The van der Waals surface area contributed by atoms with Gasteiger partial charge in [0, 0.05) is 6.42 Å². The van der Waals surface area contributed by atoms with Gasteiger partial charge in [-0.1, -0.05) is 18.2 Å². The molecule has 0 saturated carbocycles. The molecular formula is C11H14O2. The summed E-state index contributed by atoms with van der Waals surface area (Å²) in [6.07, 6.45) is 8.21. The molecule has 0 aliphatic heterocycles. The Balaban J connectivity index is 2.48. The zero-order valence-electron chi connectivity index (χ0n) is 7.57. The molecule has 13 heavy (non-hydrogen) atoms. The molecule has 1 unspecified atom stereocenters. The maximum absolute atomic E-state index is 10.8. The summed E-state index contributed by atoms with van der Waals surface area (Å²) >= 11 is 0. The maximum Gasteiger partial charge on any atom is 0.159 e. The lowest BCUT2D eigenvalue weighted by atomic mass is 9.98. The van der Waals surface area contributed by atoms with E-state index in [1.54, 1.807) is 18.2 Å². The number of hydrogen-bond acceptors (Lipinski definition) is 2. The summed E-state index contributed by atoms with van der Waals surface area (Å²) in [5, 5.41) is 9.61. The fourth-order valence-corrected chi connectivity index (χ4v) is 1.23. The normalized spacial score (nSPS) is 18.2. The molecule has 0 spiro atoms. The summed E-state index contributed by atoms with van der Waals surface area (Å²) in [5.74, 6) is 0.0969. The van der Waals surface area contributed by atoms with Crippen LogP contribution in [0, 0.1) is 0 Å². The number of allylic oxidation sites excluding steroid dienone is 3. The van der Waals surface area contributed by atoms with Crippen molar-refractivity contribution in [2.75, 3.05) is 0 Å². The van der Waals surface area contributed by atoms with Gasteiger partial charge in [-0.25, -0.2) is 0 Å². The van der Waals surface area contributed by atoms with E-state index in [1.165, 1.54) is 6.08 Å². The van der Waals surface area contributed by atoms with Gasteiger partial charge in [-0.2, -0.15) is 0 Å². The predicted molar refractivity (Wildman–Crippen MR) is 52.3 cm³/mol. The second-order valence-corrected chi connectivity index (χ2v) is 3.09. The smallest absolute Gasteiger partial charge is 0.159 e. The van der Waals surface area contributed by atoms with E-state index < -0.39 is 6.10 Å². The molecule has 2 nitrogen and oxygen atoms in total. The molecule has 0 aromatic heterocycles. The van der Waals surface area contributed by atoms with E-state index in [-0.39, 0.29) is 5.78 Å². The molecule has 2 heteroatoms. The number of rotatable bonds is 4. The lowest BCUT2D eigenvalue weighted by molar-refractivity contribution is -0.113. The van der Waals surface area contributed by atoms with Crippen molar-refractivity contribution in [1.82, 2.24) is 0 Å². The number of carbonyl (C=O) groups excluding carboxylic acids is 1. The van der Waals surface area contributed by atoms with Crippen LogP contribution in [-0.4, -0.2) is 17.0 Å². The number of aliphatic hydroxyl groups excluding tert-OH is 1. The molecule has 70 valence electrons. The fourth-order valence-electron chi connectivity index (χ4n) is 1.23. The third kappa shape index (κ3) is 2.99. The van der Waals surface area contributed by atoms with E-state index >= 15 is 0 Å². The Morgan fingerprint density at radius 1 is 1.62 bits per heavy atom. The van der Waals surface area contributed by atoms with Gasteiger partial charge in [0.25, 0.3) is 0 Å². The van der Waals surface area contributed by atoms with Crippen LogP contribution < -0.4 is 0 Å². The first kappa shape index (κ1) is 9.93. The standard InChI is InChI=1S/C11H14O2/c1-2-3-4-11(13)9-5-7-10(12)8-6-9/h2,5-7,11,13H,1,3-4,8H2. The highest BCUT2D eigenvalue weighted by atomic mass is 16.3. The van der Waals surface area contributed by atoms with Crippen LogP contribution in [0.25, 0.3) is 0 Å². The molecule has 0 saturated heterocycles. The van der Waals surface area contributed by atoms with Gasteiger partial charge in [-0.15, -0.1) is 6.58 Å². The maximum atomic E-state index is 10.8. The van der Waals surface area contributed by atoms with Crippen molar-refractivity contribution in [2.24, 2.45) is 0 Å². The first-order valence-electron chi connectivity index (χ1n) is 4.44. The van der Waals surface area contributed by atoms with Gasteiger partial charge in [0.2, 0.25) is 0 Å². The van der Waals surface area contributed by atoms with E-state index in [9.17, 15) is 9.90 Å². The van der Waals surface area contributed by atoms with Gasteiger partial charge >= 0.3 is 0 Å². The van der Waals surface area contributed by atoms with E-state index in [0.29, 0.717) is 12.8 Å². The van der Waals surface area contributed by atoms with E-state index in [4.69, 9.17) is 0 Å². The van der Waals surface area contributed by atoms with Crippen LogP contribution in [-0.2, 0) is 4.79 Å². The van der Waals surface area contributed by atoms with Gasteiger partial charge in [-0.05, 0) is 24.5 Å². The van der Waals surface area contributed by atoms with Crippen molar-refractivity contribution in [3.63, 3.8) is 0 Å². The lowest BCUT2D eigenvalue weighted by Crippen LogP contribution is -2.11. The number of carbonyl (C=O) groups is 1. The van der Waals surface area contributed by atoms with Gasteiger partial charge < -0.3 is 5.11 Å². The Morgan fingerprint density at radius 2 is 2.38 bits per heavy atom. The summed E-state index contributed by atoms with van der Waals surface area (Å²) < 4.78 is 0. The SMILES string of the molecule is C=CCCC(O)C1=CCC(=O)C=C1. The Morgan fingerprint density at radius 3 is 2.92 bits per heavy atom. The van der Waals surface area contributed by atoms with Crippen molar-refractivity contribution in [2.45, 2.75) is 25.4 Å². The van der Waals surface area contributed by atoms with Crippen molar-refractivity contribution in [3.05, 3.63) is 36.5 Å². The second kappa shape index (κ2) is 4.77. The minimum absolute atomic E-state index is 0.0969.